The molecule has 2 aromatic rings. The summed E-state index contributed by atoms with van der Waals surface area (Å²) in [6.45, 7) is 4.29. The van der Waals surface area contributed by atoms with Crippen LogP contribution in [0, 0.1) is 0 Å². The van der Waals surface area contributed by atoms with E-state index < -0.39 is 0 Å². The highest BCUT2D eigenvalue weighted by Gasteiger charge is 2.00. The molecule has 136 valence electrons. The average molecular weight is 352 g/mol. The summed E-state index contributed by atoms with van der Waals surface area (Å²) >= 11 is 0. The van der Waals surface area contributed by atoms with Crippen LogP contribution in [0.25, 0.3) is 6.08 Å². The van der Waals surface area contributed by atoms with E-state index in [0.717, 1.165) is 30.8 Å². The van der Waals surface area contributed by atoms with Crippen molar-refractivity contribution < 1.29 is 14.3 Å². The topological polar surface area (TPSA) is 67.4 Å². The first kappa shape index (κ1) is 19.2. The summed E-state index contributed by atoms with van der Waals surface area (Å²) < 4.78 is 5.61. The molecule has 0 atom stereocenters. The Labute approximate surface area is 154 Å². The van der Waals surface area contributed by atoms with Crippen LogP contribution in [0.1, 0.15) is 32.3 Å². The van der Waals surface area contributed by atoms with Crippen molar-refractivity contribution in [3.8, 4) is 5.75 Å². The van der Waals surface area contributed by atoms with Crippen molar-refractivity contribution in [3.05, 3.63) is 60.2 Å². The number of nitrogens with one attached hydrogen (secondary N) is 2. The molecular formula is C21H24N2O3. The first-order valence-corrected chi connectivity index (χ1v) is 8.66. The number of hydrogen-bond donors (Lipinski definition) is 2. The van der Waals surface area contributed by atoms with Gasteiger partial charge < -0.3 is 15.4 Å². The zero-order valence-corrected chi connectivity index (χ0v) is 15.1. The van der Waals surface area contributed by atoms with Gasteiger partial charge in [-0.2, -0.15) is 0 Å². The van der Waals surface area contributed by atoms with Gasteiger partial charge in [-0.15, -0.1) is 0 Å². The highest BCUT2D eigenvalue weighted by Crippen LogP contribution is 2.15. The molecule has 2 N–H and O–H groups in total. The van der Waals surface area contributed by atoms with E-state index in [1.54, 1.807) is 30.3 Å². The van der Waals surface area contributed by atoms with E-state index in [9.17, 15) is 9.59 Å². The van der Waals surface area contributed by atoms with E-state index in [0.29, 0.717) is 11.4 Å². The first-order valence-electron chi connectivity index (χ1n) is 8.66. The molecule has 0 aliphatic carbocycles. The molecule has 5 heteroatoms. The first-order chi connectivity index (χ1) is 12.6. The second-order valence-corrected chi connectivity index (χ2v) is 5.85. The molecule has 2 aromatic carbocycles. The number of anilines is 2. The fourth-order valence-corrected chi connectivity index (χ4v) is 2.21. The number of benzene rings is 2. The highest BCUT2D eigenvalue weighted by atomic mass is 16.5. The van der Waals surface area contributed by atoms with Gasteiger partial charge in [-0.3, -0.25) is 9.59 Å². The minimum Gasteiger partial charge on any atom is -0.494 e. The molecule has 0 saturated heterocycles. The van der Waals surface area contributed by atoms with Crippen molar-refractivity contribution in [1.82, 2.24) is 0 Å². The van der Waals surface area contributed by atoms with E-state index in [1.807, 2.05) is 24.3 Å². The van der Waals surface area contributed by atoms with Gasteiger partial charge in [0.1, 0.15) is 5.75 Å². The van der Waals surface area contributed by atoms with Crippen LogP contribution in [-0.2, 0) is 9.59 Å². The van der Waals surface area contributed by atoms with Gasteiger partial charge in [0.25, 0.3) is 0 Å². The van der Waals surface area contributed by atoms with Crippen LogP contribution < -0.4 is 15.4 Å². The third-order valence-corrected chi connectivity index (χ3v) is 3.55. The smallest absolute Gasteiger partial charge is 0.248 e. The van der Waals surface area contributed by atoms with Crippen LogP contribution in [0.2, 0.25) is 0 Å². The predicted octanol–water partition coefficient (Wildman–Crippen LogP) is 4.48. The Balaban J connectivity index is 1.85. The van der Waals surface area contributed by atoms with Crippen molar-refractivity contribution in [2.75, 3.05) is 17.2 Å². The van der Waals surface area contributed by atoms with E-state index in [-0.39, 0.29) is 11.8 Å². The second kappa shape index (κ2) is 10.0. The third-order valence-electron chi connectivity index (χ3n) is 3.55. The molecule has 0 aliphatic heterocycles. The summed E-state index contributed by atoms with van der Waals surface area (Å²) in [6, 6.07) is 14.6. The summed E-state index contributed by atoms with van der Waals surface area (Å²) in [5, 5.41) is 5.45. The number of carbonyl (C=O) groups is 2. The molecule has 5 nitrogen and oxygen atoms in total. The molecule has 0 heterocycles. The standard InChI is InChI=1S/C21H24N2O3/c1-3-4-15-26-20-12-5-17(6-13-20)7-14-21(25)23-19-10-8-18(9-11-19)22-16(2)24/h5-14H,3-4,15H2,1-2H3,(H,22,24)(H,23,25). The fraction of sp³-hybridized carbons (Fsp3) is 0.238. The van der Waals surface area contributed by atoms with Crippen molar-refractivity contribution in [2.45, 2.75) is 26.7 Å². The Morgan fingerprint density at radius 2 is 1.58 bits per heavy atom. The number of unbranched alkanes of at least 4 members (excludes halogenated alkanes) is 1. The Bertz CT molecular complexity index is 750. The number of amides is 2. The highest BCUT2D eigenvalue weighted by molar-refractivity contribution is 6.02. The lowest BCUT2D eigenvalue weighted by Gasteiger charge is -2.06. The van der Waals surface area contributed by atoms with Crippen molar-refractivity contribution in [1.29, 1.82) is 0 Å². The lowest BCUT2D eigenvalue weighted by atomic mass is 10.2. The summed E-state index contributed by atoms with van der Waals surface area (Å²) in [6.07, 6.45) is 5.37. The van der Waals surface area contributed by atoms with Gasteiger partial charge >= 0.3 is 0 Å². The molecule has 0 bridgehead atoms. The molecule has 0 unspecified atom stereocenters. The van der Waals surface area contributed by atoms with Crippen LogP contribution >= 0.6 is 0 Å². The summed E-state index contributed by atoms with van der Waals surface area (Å²) in [5.41, 5.74) is 2.27. The lowest BCUT2D eigenvalue weighted by Crippen LogP contribution is -2.08. The zero-order valence-electron chi connectivity index (χ0n) is 15.1. The maximum absolute atomic E-state index is 12.0. The van der Waals surface area contributed by atoms with E-state index in [2.05, 4.69) is 17.6 Å². The molecule has 0 aliphatic rings. The van der Waals surface area contributed by atoms with E-state index in [4.69, 9.17) is 4.74 Å². The van der Waals surface area contributed by atoms with Gasteiger partial charge in [0.2, 0.25) is 11.8 Å². The van der Waals surface area contributed by atoms with E-state index in [1.165, 1.54) is 13.0 Å². The second-order valence-electron chi connectivity index (χ2n) is 5.85. The minimum absolute atomic E-state index is 0.133. The number of carbonyl (C=O) groups excluding carboxylic acids is 2. The number of rotatable bonds is 8. The lowest BCUT2D eigenvalue weighted by molar-refractivity contribution is -0.114. The normalized spacial score (nSPS) is 10.5. The van der Waals surface area contributed by atoms with Gasteiger partial charge in [-0.1, -0.05) is 25.5 Å². The molecular weight excluding hydrogens is 328 g/mol. The Morgan fingerprint density at radius 1 is 0.962 bits per heavy atom. The zero-order chi connectivity index (χ0) is 18.8. The molecule has 2 amide bonds. The molecule has 0 radical (unpaired) electrons. The molecule has 0 spiro atoms. The summed E-state index contributed by atoms with van der Waals surface area (Å²) in [7, 11) is 0. The molecule has 0 saturated carbocycles. The van der Waals surface area contributed by atoms with Crippen molar-refractivity contribution in [2.24, 2.45) is 0 Å². The fourth-order valence-electron chi connectivity index (χ4n) is 2.21. The molecule has 2 rings (SSSR count). The quantitative estimate of drug-likeness (QED) is 0.544. The summed E-state index contributed by atoms with van der Waals surface area (Å²) in [5.74, 6) is 0.478. The predicted molar refractivity (Wildman–Crippen MR) is 105 cm³/mol. The molecule has 26 heavy (non-hydrogen) atoms. The SMILES string of the molecule is CCCCOc1ccc(C=CC(=O)Nc2ccc(NC(C)=O)cc2)cc1. The molecule has 0 aromatic heterocycles. The Morgan fingerprint density at radius 3 is 2.15 bits per heavy atom. The number of ether oxygens (including phenoxy) is 1. The monoisotopic (exact) mass is 352 g/mol. The van der Waals surface area contributed by atoms with Crippen LogP contribution in [0.15, 0.2) is 54.6 Å². The van der Waals surface area contributed by atoms with Gasteiger partial charge in [0.15, 0.2) is 0 Å². The number of hydrogen-bond acceptors (Lipinski definition) is 3. The van der Waals surface area contributed by atoms with Gasteiger partial charge in [-0.25, -0.2) is 0 Å². The maximum Gasteiger partial charge on any atom is 0.248 e. The van der Waals surface area contributed by atoms with Gasteiger partial charge in [0, 0.05) is 24.4 Å². The summed E-state index contributed by atoms with van der Waals surface area (Å²) in [4.78, 5) is 23.0. The van der Waals surface area contributed by atoms with Crippen molar-refractivity contribution in [3.63, 3.8) is 0 Å². The van der Waals surface area contributed by atoms with Gasteiger partial charge in [0.05, 0.1) is 6.61 Å². The average Bonchev–Trinajstić information content (AvgIpc) is 2.62. The Hall–Kier alpha value is -3.08. The maximum atomic E-state index is 12.0. The van der Waals surface area contributed by atoms with Crippen LogP contribution in [0.3, 0.4) is 0 Å². The largest absolute Gasteiger partial charge is 0.494 e. The van der Waals surface area contributed by atoms with Gasteiger partial charge in [-0.05, 0) is 54.5 Å². The minimum atomic E-state index is -0.222. The molecule has 0 fully saturated rings. The van der Waals surface area contributed by atoms with Crippen LogP contribution in [0.4, 0.5) is 11.4 Å². The third kappa shape index (κ3) is 6.81. The van der Waals surface area contributed by atoms with Crippen LogP contribution in [-0.4, -0.2) is 18.4 Å². The van der Waals surface area contributed by atoms with E-state index >= 15 is 0 Å². The van der Waals surface area contributed by atoms with Crippen LogP contribution in [0.5, 0.6) is 5.75 Å². The Kier molecular flexibility index (Phi) is 7.43. The van der Waals surface area contributed by atoms with Crippen molar-refractivity contribution >= 4 is 29.3 Å².